The first-order valence-electron chi connectivity index (χ1n) is 6.57. The standard InChI is InChI=1S/C15H14F2N4/c1-10-4-15-19-8-12(9-21(15)20-10)7-18-6-11-2-3-13(16)14(17)5-11/h2-5,8-9,18H,6-7H2,1H3. The van der Waals surface area contributed by atoms with Gasteiger partial charge in [-0.05, 0) is 24.6 Å². The fourth-order valence-corrected chi connectivity index (χ4v) is 2.13. The van der Waals surface area contributed by atoms with Gasteiger partial charge < -0.3 is 5.32 Å². The molecule has 0 amide bonds. The lowest BCUT2D eigenvalue weighted by Gasteiger charge is -2.06. The van der Waals surface area contributed by atoms with E-state index in [4.69, 9.17) is 0 Å². The fourth-order valence-electron chi connectivity index (χ4n) is 2.13. The minimum absolute atomic E-state index is 0.452. The van der Waals surface area contributed by atoms with Crippen LogP contribution in [0.1, 0.15) is 16.8 Å². The molecule has 21 heavy (non-hydrogen) atoms. The Morgan fingerprint density at radius 2 is 1.90 bits per heavy atom. The zero-order valence-corrected chi connectivity index (χ0v) is 11.5. The molecule has 0 saturated heterocycles. The largest absolute Gasteiger partial charge is 0.309 e. The molecule has 1 aromatic carbocycles. The molecule has 0 atom stereocenters. The third kappa shape index (κ3) is 3.05. The number of benzene rings is 1. The fraction of sp³-hybridized carbons (Fsp3) is 0.200. The maximum Gasteiger partial charge on any atom is 0.159 e. The lowest BCUT2D eigenvalue weighted by Crippen LogP contribution is -2.13. The Bertz CT molecular complexity index is 782. The minimum atomic E-state index is -0.831. The molecular weight excluding hydrogens is 274 g/mol. The molecule has 2 heterocycles. The number of aromatic nitrogens is 3. The van der Waals surface area contributed by atoms with E-state index in [2.05, 4.69) is 15.4 Å². The van der Waals surface area contributed by atoms with Crippen molar-refractivity contribution >= 4 is 5.65 Å². The summed E-state index contributed by atoms with van der Waals surface area (Å²) in [4.78, 5) is 4.30. The first-order chi connectivity index (χ1) is 10.1. The van der Waals surface area contributed by atoms with Crippen molar-refractivity contribution in [1.82, 2.24) is 19.9 Å². The number of rotatable bonds is 4. The average Bonchev–Trinajstić information content (AvgIpc) is 2.82. The minimum Gasteiger partial charge on any atom is -0.309 e. The zero-order chi connectivity index (χ0) is 14.8. The normalized spacial score (nSPS) is 11.2. The Kier molecular flexibility index (Phi) is 3.62. The van der Waals surface area contributed by atoms with Crippen LogP contribution in [0.2, 0.25) is 0 Å². The molecule has 1 N–H and O–H groups in total. The second-order valence-corrected chi connectivity index (χ2v) is 4.90. The summed E-state index contributed by atoms with van der Waals surface area (Å²) < 4.78 is 27.6. The molecule has 0 fully saturated rings. The number of hydrogen-bond acceptors (Lipinski definition) is 3. The van der Waals surface area contributed by atoms with Gasteiger partial charge >= 0.3 is 0 Å². The van der Waals surface area contributed by atoms with Crippen molar-refractivity contribution in [1.29, 1.82) is 0 Å². The lowest BCUT2D eigenvalue weighted by molar-refractivity contribution is 0.506. The second-order valence-electron chi connectivity index (χ2n) is 4.90. The Morgan fingerprint density at radius 1 is 1.10 bits per heavy atom. The molecule has 0 bridgehead atoms. The summed E-state index contributed by atoms with van der Waals surface area (Å²) in [5.41, 5.74) is 3.37. The summed E-state index contributed by atoms with van der Waals surface area (Å²) in [5, 5.41) is 7.46. The van der Waals surface area contributed by atoms with Gasteiger partial charge in [-0.1, -0.05) is 6.07 Å². The van der Waals surface area contributed by atoms with Gasteiger partial charge in [-0.3, -0.25) is 0 Å². The van der Waals surface area contributed by atoms with Crippen LogP contribution in [0.3, 0.4) is 0 Å². The Labute approximate surface area is 120 Å². The maximum absolute atomic E-state index is 13.1. The van der Waals surface area contributed by atoms with E-state index in [0.717, 1.165) is 23.0 Å². The molecule has 4 nitrogen and oxygen atoms in total. The van der Waals surface area contributed by atoms with Crippen LogP contribution in [0, 0.1) is 18.6 Å². The van der Waals surface area contributed by atoms with Gasteiger partial charge in [0.1, 0.15) is 0 Å². The molecule has 0 unspecified atom stereocenters. The highest BCUT2D eigenvalue weighted by atomic mass is 19.2. The highest BCUT2D eigenvalue weighted by Crippen LogP contribution is 2.09. The zero-order valence-electron chi connectivity index (χ0n) is 11.5. The monoisotopic (exact) mass is 288 g/mol. The van der Waals surface area contributed by atoms with Gasteiger partial charge in [0.15, 0.2) is 17.3 Å². The summed E-state index contributed by atoms with van der Waals surface area (Å²) in [6.45, 7) is 2.93. The topological polar surface area (TPSA) is 42.2 Å². The summed E-state index contributed by atoms with van der Waals surface area (Å²) in [6.07, 6.45) is 3.67. The van der Waals surface area contributed by atoms with Gasteiger partial charge in [0.2, 0.25) is 0 Å². The van der Waals surface area contributed by atoms with Crippen LogP contribution in [0.5, 0.6) is 0 Å². The van der Waals surface area contributed by atoms with Crippen molar-refractivity contribution in [3.8, 4) is 0 Å². The molecule has 0 spiro atoms. The summed E-state index contributed by atoms with van der Waals surface area (Å²) in [7, 11) is 0. The molecule has 0 aliphatic rings. The van der Waals surface area contributed by atoms with Gasteiger partial charge in [-0.15, -0.1) is 0 Å². The second kappa shape index (κ2) is 5.57. The molecule has 3 rings (SSSR count). The highest BCUT2D eigenvalue weighted by molar-refractivity contribution is 5.38. The number of nitrogens with zero attached hydrogens (tertiary/aromatic N) is 3. The summed E-state index contributed by atoms with van der Waals surface area (Å²) in [5.74, 6) is -1.66. The maximum atomic E-state index is 13.1. The number of hydrogen-bond donors (Lipinski definition) is 1. The third-order valence-electron chi connectivity index (χ3n) is 3.13. The Hall–Kier alpha value is -2.34. The molecule has 3 aromatic rings. The predicted molar refractivity (Wildman–Crippen MR) is 74.6 cm³/mol. The van der Waals surface area contributed by atoms with Crippen LogP contribution >= 0.6 is 0 Å². The van der Waals surface area contributed by atoms with E-state index >= 15 is 0 Å². The van der Waals surface area contributed by atoms with E-state index < -0.39 is 11.6 Å². The van der Waals surface area contributed by atoms with Gasteiger partial charge in [-0.25, -0.2) is 18.3 Å². The van der Waals surface area contributed by atoms with Crippen molar-refractivity contribution in [2.24, 2.45) is 0 Å². The first-order valence-corrected chi connectivity index (χ1v) is 6.57. The van der Waals surface area contributed by atoms with Crippen LogP contribution < -0.4 is 5.32 Å². The number of nitrogens with one attached hydrogen (secondary N) is 1. The van der Waals surface area contributed by atoms with Crippen molar-refractivity contribution in [3.05, 3.63) is 65.1 Å². The average molecular weight is 288 g/mol. The quantitative estimate of drug-likeness (QED) is 0.802. The number of halogens is 2. The number of aryl methyl sites for hydroxylation is 1. The van der Waals surface area contributed by atoms with Crippen LogP contribution in [0.4, 0.5) is 8.78 Å². The van der Waals surface area contributed by atoms with Gasteiger partial charge in [0.05, 0.1) is 5.69 Å². The highest BCUT2D eigenvalue weighted by Gasteiger charge is 2.03. The van der Waals surface area contributed by atoms with Crippen molar-refractivity contribution in [3.63, 3.8) is 0 Å². The summed E-state index contributed by atoms with van der Waals surface area (Å²) in [6, 6.07) is 5.79. The van der Waals surface area contributed by atoms with E-state index in [1.165, 1.54) is 6.07 Å². The van der Waals surface area contributed by atoms with Gasteiger partial charge in [0, 0.05) is 37.1 Å². The SMILES string of the molecule is Cc1cc2ncc(CNCc3ccc(F)c(F)c3)cn2n1. The molecule has 0 radical (unpaired) electrons. The van der Waals surface area contributed by atoms with Gasteiger partial charge in [-0.2, -0.15) is 5.10 Å². The third-order valence-corrected chi connectivity index (χ3v) is 3.13. The van der Waals surface area contributed by atoms with E-state index in [9.17, 15) is 8.78 Å². The van der Waals surface area contributed by atoms with Crippen molar-refractivity contribution < 1.29 is 8.78 Å². The van der Waals surface area contributed by atoms with Crippen molar-refractivity contribution in [2.75, 3.05) is 0 Å². The van der Waals surface area contributed by atoms with E-state index in [0.29, 0.717) is 18.7 Å². The molecule has 108 valence electrons. The van der Waals surface area contributed by atoms with Gasteiger partial charge in [0.25, 0.3) is 0 Å². The molecule has 6 heteroatoms. The Morgan fingerprint density at radius 3 is 2.71 bits per heavy atom. The Balaban J connectivity index is 1.64. The van der Waals surface area contributed by atoms with E-state index in [1.807, 2.05) is 19.2 Å². The van der Waals surface area contributed by atoms with Crippen LogP contribution in [0.15, 0.2) is 36.7 Å². The van der Waals surface area contributed by atoms with Crippen LogP contribution in [-0.4, -0.2) is 14.6 Å². The molecular formula is C15H14F2N4. The molecule has 0 aliphatic heterocycles. The van der Waals surface area contributed by atoms with Crippen LogP contribution in [-0.2, 0) is 13.1 Å². The molecule has 2 aromatic heterocycles. The molecule has 0 aliphatic carbocycles. The lowest BCUT2D eigenvalue weighted by atomic mass is 10.2. The summed E-state index contributed by atoms with van der Waals surface area (Å²) >= 11 is 0. The number of fused-ring (bicyclic) bond motifs is 1. The van der Waals surface area contributed by atoms with E-state index in [1.54, 1.807) is 16.8 Å². The smallest absolute Gasteiger partial charge is 0.159 e. The molecule has 0 saturated carbocycles. The van der Waals surface area contributed by atoms with Crippen LogP contribution in [0.25, 0.3) is 5.65 Å². The first kappa shape index (κ1) is 13.6. The van der Waals surface area contributed by atoms with Crippen molar-refractivity contribution in [2.45, 2.75) is 20.0 Å². The van der Waals surface area contributed by atoms with E-state index in [-0.39, 0.29) is 0 Å². The predicted octanol–water partition coefficient (Wildman–Crippen LogP) is 2.61.